The van der Waals surface area contributed by atoms with E-state index in [4.69, 9.17) is 13.9 Å². The highest BCUT2D eigenvalue weighted by Crippen LogP contribution is 2.23. The molecule has 0 fully saturated rings. The van der Waals surface area contributed by atoms with Gasteiger partial charge in [0, 0.05) is 12.6 Å². The van der Waals surface area contributed by atoms with Crippen molar-refractivity contribution >= 4 is 5.96 Å². The second-order valence-electron chi connectivity index (χ2n) is 6.33. The van der Waals surface area contributed by atoms with Gasteiger partial charge in [-0.3, -0.25) is 0 Å². The van der Waals surface area contributed by atoms with Gasteiger partial charge in [-0.05, 0) is 45.0 Å². The van der Waals surface area contributed by atoms with Gasteiger partial charge in [-0.2, -0.15) is 0 Å². The number of ether oxygens (including phenoxy) is 2. The van der Waals surface area contributed by atoms with E-state index in [0.29, 0.717) is 31.4 Å². The van der Waals surface area contributed by atoms with E-state index in [9.17, 15) is 5.11 Å². The average Bonchev–Trinajstić information content (AvgIpc) is 3.10. The molecule has 0 radical (unpaired) electrons. The normalized spacial score (nSPS) is 13.7. The van der Waals surface area contributed by atoms with Gasteiger partial charge < -0.3 is 29.6 Å². The van der Waals surface area contributed by atoms with E-state index in [0.717, 1.165) is 17.3 Å². The van der Waals surface area contributed by atoms with E-state index in [1.807, 2.05) is 44.2 Å². The zero-order valence-corrected chi connectivity index (χ0v) is 16.4. The van der Waals surface area contributed by atoms with Gasteiger partial charge in [0.25, 0.3) is 0 Å². The fourth-order valence-corrected chi connectivity index (χ4v) is 2.41. The highest BCUT2D eigenvalue weighted by molar-refractivity contribution is 5.79. The lowest BCUT2D eigenvalue weighted by Gasteiger charge is -2.19. The molecule has 27 heavy (non-hydrogen) atoms. The van der Waals surface area contributed by atoms with E-state index in [1.54, 1.807) is 20.1 Å². The number of methoxy groups -OCH3 is 1. The van der Waals surface area contributed by atoms with Crippen LogP contribution >= 0.6 is 0 Å². The summed E-state index contributed by atoms with van der Waals surface area (Å²) in [4.78, 5) is 4.45. The maximum absolute atomic E-state index is 10.6. The Morgan fingerprint density at radius 2 is 2.00 bits per heavy atom. The summed E-state index contributed by atoms with van der Waals surface area (Å²) in [6.45, 7) is 7.42. The molecule has 1 aromatic heterocycles. The van der Waals surface area contributed by atoms with E-state index in [-0.39, 0.29) is 6.54 Å². The Kier molecular flexibility index (Phi) is 7.55. The molecule has 1 aromatic carbocycles. The molecule has 0 spiro atoms. The van der Waals surface area contributed by atoms with E-state index >= 15 is 0 Å². The first-order valence-electron chi connectivity index (χ1n) is 9.03. The number of aliphatic imine (C=N–C) groups is 1. The number of rotatable bonds is 9. The monoisotopic (exact) mass is 375 g/mol. The van der Waals surface area contributed by atoms with E-state index < -0.39 is 5.60 Å². The number of nitrogens with zero attached hydrogens (tertiary/aromatic N) is 1. The number of aryl methyl sites for hydroxylation is 1. The SMILES string of the molecule is CCNC(=NCC(C)(O)c1ccc(C)o1)NCCOc1cccc(OC)c1. The molecule has 0 saturated heterocycles. The number of furan rings is 1. The largest absolute Gasteiger partial charge is 0.497 e. The lowest BCUT2D eigenvalue weighted by molar-refractivity contribution is 0.0428. The van der Waals surface area contributed by atoms with Gasteiger partial charge in [0.15, 0.2) is 5.96 Å². The number of aliphatic hydroxyl groups is 1. The van der Waals surface area contributed by atoms with Crippen molar-refractivity contribution in [3.63, 3.8) is 0 Å². The number of guanidine groups is 1. The van der Waals surface area contributed by atoms with Crippen molar-refractivity contribution in [2.45, 2.75) is 26.4 Å². The van der Waals surface area contributed by atoms with E-state index in [1.165, 1.54) is 0 Å². The van der Waals surface area contributed by atoms with Crippen LogP contribution in [0.3, 0.4) is 0 Å². The number of hydrogen-bond acceptors (Lipinski definition) is 5. The molecule has 1 heterocycles. The topological polar surface area (TPSA) is 88.3 Å². The van der Waals surface area contributed by atoms with Crippen LogP contribution in [0.25, 0.3) is 0 Å². The molecule has 2 rings (SSSR count). The Bertz CT molecular complexity index is 740. The summed E-state index contributed by atoms with van der Waals surface area (Å²) in [7, 11) is 1.62. The lowest BCUT2D eigenvalue weighted by atomic mass is 10.0. The second-order valence-corrected chi connectivity index (χ2v) is 6.33. The Balaban J connectivity index is 1.85. The minimum absolute atomic E-state index is 0.173. The van der Waals surface area contributed by atoms with Crippen molar-refractivity contribution < 1.29 is 19.0 Å². The Hall–Kier alpha value is -2.67. The lowest BCUT2D eigenvalue weighted by Crippen LogP contribution is -2.40. The van der Waals surface area contributed by atoms with Gasteiger partial charge in [-0.15, -0.1) is 0 Å². The molecule has 2 aromatic rings. The minimum atomic E-state index is -1.17. The molecule has 0 saturated carbocycles. The third kappa shape index (κ3) is 6.53. The van der Waals surface area contributed by atoms with Crippen molar-refractivity contribution in [2.75, 3.05) is 33.4 Å². The van der Waals surface area contributed by atoms with Gasteiger partial charge in [-0.25, -0.2) is 4.99 Å². The summed E-state index contributed by atoms with van der Waals surface area (Å²) in [6, 6.07) is 11.1. The number of benzene rings is 1. The van der Waals surface area contributed by atoms with Gasteiger partial charge in [0.05, 0.1) is 20.2 Å². The minimum Gasteiger partial charge on any atom is -0.497 e. The number of nitrogens with one attached hydrogen (secondary N) is 2. The maximum Gasteiger partial charge on any atom is 0.191 e. The third-order valence-electron chi connectivity index (χ3n) is 3.86. The summed E-state index contributed by atoms with van der Waals surface area (Å²) < 4.78 is 16.4. The van der Waals surface area contributed by atoms with E-state index in [2.05, 4.69) is 15.6 Å². The molecule has 0 amide bonds. The standard InChI is InChI=1S/C20H29N3O4/c1-5-21-19(23-14-20(3,24)18-10-9-15(2)27-18)22-11-12-26-17-8-6-7-16(13-17)25-4/h6-10,13,24H,5,11-12,14H2,1-4H3,(H2,21,22,23). The highest BCUT2D eigenvalue weighted by atomic mass is 16.5. The summed E-state index contributed by atoms with van der Waals surface area (Å²) in [6.07, 6.45) is 0. The van der Waals surface area contributed by atoms with Crippen LogP contribution in [0.15, 0.2) is 45.8 Å². The Labute approximate surface area is 160 Å². The summed E-state index contributed by atoms with van der Waals surface area (Å²) in [5, 5.41) is 16.9. The first kappa shape index (κ1) is 20.6. The van der Waals surface area contributed by atoms with Gasteiger partial charge in [0.2, 0.25) is 0 Å². The molecule has 0 aliphatic rings. The van der Waals surface area contributed by atoms with Gasteiger partial charge >= 0.3 is 0 Å². The van der Waals surface area contributed by atoms with Crippen molar-refractivity contribution in [1.29, 1.82) is 0 Å². The van der Waals surface area contributed by atoms with Crippen LogP contribution in [-0.4, -0.2) is 44.4 Å². The molecule has 1 unspecified atom stereocenters. The summed E-state index contributed by atoms with van der Waals surface area (Å²) in [5.74, 6) is 3.37. The third-order valence-corrected chi connectivity index (χ3v) is 3.86. The fourth-order valence-electron chi connectivity index (χ4n) is 2.41. The van der Waals surface area contributed by atoms with Crippen LogP contribution in [0.4, 0.5) is 0 Å². The van der Waals surface area contributed by atoms with Gasteiger partial charge in [0.1, 0.15) is 35.2 Å². The predicted octanol–water partition coefficient (Wildman–Crippen LogP) is 2.44. The van der Waals surface area contributed by atoms with Crippen molar-refractivity contribution in [3.05, 3.63) is 47.9 Å². The zero-order valence-electron chi connectivity index (χ0n) is 16.4. The predicted molar refractivity (Wildman–Crippen MR) is 105 cm³/mol. The Morgan fingerprint density at radius 3 is 2.67 bits per heavy atom. The molecule has 0 bridgehead atoms. The van der Waals surface area contributed by atoms with Crippen molar-refractivity contribution in [1.82, 2.24) is 10.6 Å². The number of hydrogen-bond donors (Lipinski definition) is 3. The molecule has 148 valence electrons. The fraction of sp³-hybridized carbons (Fsp3) is 0.450. The quantitative estimate of drug-likeness (QED) is 0.354. The second kappa shape index (κ2) is 9.87. The first-order valence-corrected chi connectivity index (χ1v) is 9.03. The molecule has 3 N–H and O–H groups in total. The average molecular weight is 375 g/mol. The van der Waals surface area contributed by atoms with Crippen LogP contribution in [0.2, 0.25) is 0 Å². The van der Waals surface area contributed by atoms with Crippen molar-refractivity contribution in [3.8, 4) is 11.5 Å². The molecule has 7 nitrogen and oxygen atoms in total. The van der Waals surface area contributed by atoms with Gasteiger partial charge in [-0.1, -0.05) is 6.07 Å². The van der Waals surface area contributed by atoms with Crippen LogP contribution < -0.4 is 20.1 Å². The molecular formula is C20H29N3O4. The highest BCUT2D eigenvalue weighted by Gasteiger charge is 2.26. The van der Waals surface area contributed by atoms with Crippen LogP contribution in [0.5, 0.6) is 11.5 Å². The van der Waals surface area contributed by atoms with Crippen LogP contribution in [0.1, 0.15) is 25.4 Å². The van der Waals surface area contributed by atoms with Crippen LogP contribution in [0, 0.1) is 6.92 Å². The molecule has 1 atom stereocenters. The van der Waals surface area contributed by atoms with Crippen LogP contribution in [-0.2, 0) is 5.60 Å². The molecule has 0 aliphatic carbocycles. The summed E-state index contributed by atoms with van der Waals surface area (Å²) >= 11 is 0. The molecular weight excluding hydrogens is 346 g/mol. The van der Waals surface area contributed by atoms with Crippen molar-refractivity contribution in [2.24, 2.45) is 4.99 Å². The maximum atomic E-state index is 10.6. The molecule has 7 heteroatoms. The smallest absolute Gasteiger partial charge is 0.191 e. The molecule has 0 aliphatic heterocycles. The Morgan fingerprint density at radius 1 is 1.22 bits per heavy atom. The first-order chi connectivity index (χ1) is 12.9. The summed E-state index contributed by atoms with van der Waals surface area (Å²) in [5.41, 5.74) is -1.17. The zero-order chi connectivity index (χ0) is 19.7.